The number of rotatable bonds is 6. The van der Waals surface area contributed by atoms with E-state index >= 15 is 0 Å². The summed E-state index contributed by atoms with van der Waals surface area (Å²) in [5, 5.41) is 17.7. The Hall–Kier alpha value is -3.68. The first-order valence-electron chi connectivity index (χ1n) is 17.0. The predicted molar refractivity (Wildman–Crippen MR) is 184 cm³/mol. The first-order chi connectivity index (χ1) is 22.9. The van der Waals surface area contributed by atoms with E-state index in [0.29, 0.717) is 58.0 Å². The van der Waals surface area contributed by atoms with Crippen LogP contribution < -0.4 is 16.0 Å². The Bertz CT molecular complexity index is 1590. The minimum Gasteiger partial charge on any atom is -0.341 e. The van der Waals surface area contributed by atoms with Crippen molar-refractivity contribution in [3.8, 4) is 0 Å². The van der Waals surface area contributed by atoms with Crippen molar-refractivity contribution in [1.29, 1.82) is 0 Å². The van der Waals surface area contributed by atoms with Crippen molar-refractivity contribution < 1.29 is 14.4 Å². The lowest BCUT2D eigenvalue weighted by Gasteiger charge is -2.41. The first-order valence-corrected chi connectivity index (χ1v) is 17.8. The molecule has 1 aromatic heterocycles. The number of amides is 5. The number of benzene rings is 2. The monoisotopic (exact) mass is 705 g/mol. The average Bonchev–Trinajstić information content (AvgIpc) is 3.52. The van der Waals surface area contributed by atoms with Crippen molar-refractivity contribution in [2.24, 2.45) is 0 Å². The van der Waals surface area contributed by atoms with Crippen molar-refractivity contribution in [3.63, 3.8) is 0 Å². The van der Waals surface area contributed by atoms with E-state index in [0.717, 1.165) is 77.6 Å². The summed E-state index contributed by atoms with van der Waals surface area (Å²) in [6, 6.07) is 11.5. The highest BCUT2D eigenvalue weighted by Gasteiger charge is 2.35. The number of para-hydroxylation sites is 1. The van der Waals surface area contributed by atoms with Crippen LogP contribution in [-0.2, 0) is 17.6 Å². The lowest BCUT2D eigenvalue weighted by molar-refractivity contribution is -0.134. The zero-order valence-corrected chi connectivity index (χ0v) is 28.3. The maximum Gasteiger partial charge on any atom is 0.322 e. The first kappa shape index (κ1) is 31.9. The number of nitrogens with one attached hydrogen (secondary N) is 4. The molecule has 0 spiro atoms. The molecule has 4 N–H and O–H groups in total. The molecule has 1 atom stereocenters. The number of urea groups is 2. The number of H-pyrrole nitrogens is 1. The van der Waals surface area contributed by atoms with E-state index in [1.807, 2.05) is 40.1 Å². The molecular weight excluding hydrogens is 662 g/mol. The topological polar surface area (TPSA) is 129 Å². The highest BCUT2D eigenvalue weighted by molar-refractivity contribution is 9.10. The maximum absolute atomic E-state index is 14.1. The highest BCUT2D eigenvalue weighted by atomic mass is 79.9. The summed E-state index contributed by atoms with van der Waals surface area (Å²) in [6.07, 6.45) is 6.23. The van der Waals surface area contributed by atoms with E-state index in [1.54, 1.807) is 11.1 Å². The molecule has 7 rings (SSSR count). The van der Waals surface area contributed by atoms with Crippen LogP contribution in [0.3, 0.4) is 0 Å². The number of halogens is 1. The largest absolute Gasteiger partial charge is 0.341 e. The summed E-state index contributed by atoms with van der Waals surface area (Å²) in [4.78, 5) is 49.2. The normalized spacial score (nSPS) is 20.9. The molecule has 2 aromatic carbocycles. The van der Waals surface area contributed by atoms with Gasteiger partial charge in [0.15, 0.2) is 0 Å². The van der Waals surface area contributed by atoms with E-state index in [-0.39, 0.29) is 24.0 Å². The van der Waals surface area contributed by atoms with E-state index in [2.05, 4.69) is 53.0 Å². The van der Waals surface area contributed by atoms with Gasteiger partial charge >= 0.3 is 12.1 Å². The number of nitrogens with zero attached hydrogens (tertiary/aromatic N) is 5. The molecule has 0 radical (unpaired) electrons. The molecule has 1 unspecified atom stereocenters. The third kappa shape index (κ3) is 7.12. The molecule has 250 valence electrons. The van der Waals surface area contributed by atoms with Gasteiger partial charge in [-0.3, -0.25) is 14.8 Å². The Balaban J connectivity index is 1.00. The summed E-state index contributed by atoms with van der Waals surface area (Å²) in [6.45, 7) is 7.21. The van der Waals surface area contributed by atoms with Crippen LogP contribution >= 0.6 is 15.9 Å². The van der Waals surface area contributed by atoms with Crippen molar-refractivity contribution >= 4 is 50.5 Å². The van der Waals surface area contributed by atoms with Gasteiger partial charge in [0.1, 0.15) is 6.04 Å². The summed E-state index contributed by atoms with van der Waals surface area (Å²) in [5.74, 6) is -0.0313. The van der Waals surface area contributed by atoms with Gasteiger partial charge in [-0.15, -0.1) is 0 Å². The number of hydrogen-bond acceptors (Lipinski definition) is 6. The standard InChI is InChI=1S/C34H44BrN9O3/c35-28-20-23(19-25-22-37-40-31(25)28)21-30(32(45)42-12-6-26(7-13-42)41-17-10-36-11-18-41)39-33(46)43-14-8-27(9-15-43)44-16-5-24-3-1-2-4-29(24)38-34(44)47/h1-4,19-20,22,26-27,30,36H,5-18,21H2,(H,37,40)(H,38,47)(H,39,46). The Morgan fingerprint density at radius 2 is 1.66 bits per heavy atom. The molecule has 12 nitrogen and oxygen atoms in total. The van der Waals surface area contributed by atoms with Gasteiger partial charge in [0.05, 0.1) is 11.7 Å². The van der Waals surface area contributed by atoms with Gasteiger partial charge in [-0.2, -0.15) is 5.10 Å². The fourth-order valence-electron chi connectivity index (χ4n) is 7.70. The number of aromatic nitrogens is 2. The van der Waals surface area contributed by atoms with E-state index in [9.17, 15) is 14.4 Å². The number of fused-ring (bicyclic) bond motifs is 2. The van der Waals surface area contributed by atoms with E-state index in [4.69, 9.17) is 0 Å². The molecule has 5 amide bonds. The summed E-state index contributed by atoms with van der Waals surface area (Å²) >= 11 is 3.64. The van der Waals surface area contributed by atoms with Gasteiger partial charge in [-0.05, 0) is 77.4 Å². The van der Waals surface area contributed by atoms with E-state index < -0.39 is 6.04 Å². The fraction of sp³-hybridized carbons (Fsp3) is 0.529. The lowest BCUT2D eigenvalue weighted by Crippen LogP contribution is -2.58. The molecule has 3 saturated heterocycles. The third-order valence-electron chi connectivity index (χ3n) is 10.4. The van der Waals surface area contributed by atoms with E-state index in [1.165, 1.54) is 0 Å². The maximum atomic E-state index is 14.1. The van der Waals surface area contributed by atoms with Crippen LogP contribution in [0.15, 0.2) is 47.1 Å². The van der Waals surface area contributed by atoms with Crippen LogP contribution in [0.4, 0.5) is 15.3 Å². The lowest BCUT2D eigenvalue weighted by atomic mass is 9.99. The van der Waals surface area contributed by atoms with Crippen molar-refractivity contribution in [2.45, 2.75) is 56.7 Å². The van der Waals surface area contributed by atoms with Crippen LogP contribution in [0, 0.1) is 0 Å². The highest BCUT2D eigenvalue weighted by Crippen LogP contribution is 2.27. The number of likely N-dealkylation sites (tertiary alicyclic amines) is 2. The summed E-state index contributed by atoms with van der Waals surface area (Å²) < 4.78 is 0.875. The van der Waals surface area contributed by atoms with Gasteiger partial charge in [0, 0.05) is 93.0 Å². The zero-order chi connectivity index (χ0) is 32.3. The number of hydrogen-bond donors (Lipinski definition) is 4. The number of carbonyl (C=O) groups excluding carboxylic acids is 3. The molecular formula is C34H44BrN9O3. The number of anilines is 1. The average molecular weight is 707 g/mol. The van der Waals surface area contributed by atoms with Crippen LogP contribution in [0.2, 0.25) is 0 Å². The quantitative estimate of drug-likeness (QED) is 0.311. The zero-order valence-electron chi connectivity index (χ0n) is 26.7. The Labute approximate surface area is 283 Å². The fourth-order valence-corrected chi connectivity index (χ4v) is 8.32. The van der Waals surface area contributed by atoms with Gasteiger partial charge in [-0.1, -0.05) is 18.2 Å². The summed E-state index contributed by atoms with van der Waals surface area (Å²) in [7, 11) is 0. The number of aromatic amines is 1. The number of piperidine rings is 2. The number of piperazine rings is 1. The van der Waals surface area contributed by atoms with Gasteiger partial charge in [0.25, 0.3) is 0 Å². The summed E-state index contributed by atoms with van der Waals surface area (Å²) in [5.41, 5.74) is 3.87. The minimum atomic E-state index is -0.693. The molecule has 3 fully saturated rings. The Morgan fingerprint density at radius 1 is 0.936 bits per heavy atom. The molecule has 4 aliphatic heterocycles. The minimum absolute atomic E-state index is 0.0313. The molecule has 5 heterocycles. The Kier molecular flexibility index (Phi) is 9.64. The molecule has 47 heavy (non-hydrogen) atoms. The Morgan fingerprint density at radius 3 is 2.45 bits per heavy atom. The van der Waals surface area contributed by atoms with Crippen LogP contribution in [0.5, 0.6) is 0 Å². The second-order valence-corrected chi connectivity index (χ2v) is 14.1. The van der Waals surface area contributed by atoms with Crippen molar-refractivity contribution in [1.82, 2.24) is 40.4 Å². The second-order valence-electron chi connectivity index (χ2n) is 13.2. The molecule has 4 aliphatic rings. The molecule has 13 heteroatoms. The third-order valence-corrected chi connectivity index (χ3v) is 11.0. The number of carbonyl (C=O) groups is 3. The van der Waals surface area contributed by atoms with Gasteiger partial charge < -0.3 is 30.7 Å². The smallest absolute Gasteiger partial charge is 0.322 e. The molecule has 0 saturated carbocycles. The van der Waals surface area contributed by atoms with Crippen molar-refractivity contribution in [3.05, 3.63) is 58.2 Å². The van der Waals surface area contributed by atoms with Crippen LogP contribution in [0.1, 0.15) is 36.8 Å². The molecule has 3 aromatic rings. The predicted octanol–water partition coefficient (Wildman–Crippen LogP) is 3.40. The van der Waals surface area contributed by atoms with Gasteiger partial charge in [-0.25, -0.2) is 9.59 Å². The SMILES string of the molecule is O=C(NC(Cc1cc(Br)c2[nH]ncc2c1)C(=O)N1CCC(N2CCNCC2)CC1)N1CCC(N2CCc3ccccc3NC2=O)CC1. The van der Waals surface area contributed by atoms with Gasteiger partial charge in [0.2, 0.25) is 5.91 Å². The second kappa shape index (κ2) is 14.2. The van der Waals surface area contributed by atoms with Crippen LogP contribution in [0.25, 0.3) is 10.9 Å². The van der Waals surface area contributed by atoms with Crippen molar-refractivity contribution in [2.75, 3.05) is 64.2 Å². The molecule has 0 aliphatic carbocycles. The molecule has 0 bridgehead atoms. The van der Waals surface area contributed by atoms with Crippen LogP contribution in [-0.4, -0.2) is 125 Å².